The summed E-state index contributed by atoms with van der Waals surface area (Å²) in [4.78, 5) is 10.8. The molecule has 54 heavy (non-hydrogen) atoms. The Morgan fingerprint density at radius 1 is 0.704 bits per heavy atom. The van der Waals surface area contributed by atoms with Gasteiger partial charge in [0.15, 0.2) is 0 Å². The van der Waals surface area contributed by atoms with E-state index in [1.54, 1.807) is 6.07 Å². The molecule has 0 aromatic heterocycles. The van der Waals surface area contributed by atoms with E-state index in [1.165, 1.54) is 51.7 Å². The number of aliphatic hydroxyl groups excluding tert-OH is 1. The van der Waals surface area contributed by atoms with Gasteiger partial charge in [-0.05, 0) is 91.6 Å². The summed E-state index contributed by atoms with van der Waals surface area (Å²) < 4.78 is 39.9. The number of halogens is 6. The monoisotopic (exact) mass is 820 g/mol. The van der Waals surface area contributed by atoms with Crippen molar-refractivity contribution in [3.8, 4) is 0 Å². The van der Waals surface area contributed by atoms with Crippen LogP contribution in [-0.2, 0) is 6.18 Å². The Bertz CT molecular complexity index is 1800. The first-order valence-electron chi connectivity index (χ1n) is 17.7. The van der Waals surface area contributed by atoms with E-state index in [0.717, 1.165) is 67.6 Å². The molecular formula is C42H50Cl3F3N4OS. The molecule has 0 bridgehead atoms. The minimum atomic E-state index is -4.35. The van der Waals surface area contributed by atoms with Crippen LogP contribution in [0.1, 0.15) is 40.7 Å². The third-order valence-corrected chi connectivity index (χ3v) is 10.7. The van der Waals surface area contributed by atoms with Gasteiger partial charge in [0.05, 0.1) is 23.5 Å². The first-order chi connectivity index (χ1) is 24.7. The lowest BCUT2D eigenvalue weighted by atomic mass is 9.93. The van der Waals surface area contributed by atoms with Crippen LogP contribution >= 0.6 is 49.0 Å². The Morgan fingerprint density at radius 3 is 1.85 bits per heavy atom. The number of fused-ring (bicyclic) bond motifs is 4. The summed E-state index contributed by atoms with van der Waals surface area (Å²) in [5, 5.41) is 9.07. The van der Waals surface area contributed by atoms with Crippen LogP contribution in [0, 0.1) is 0 Å². The van der Waals surface area contributed by atoms with Gasteiger partial charge in [-0.1, -0.05) is 90.7 Å². The Labute approximate surface area is 341 Å². The molecule has 3 aliphatic rings. The fraction of sp³-hybridized carbons (Fsp3) is 0.333. The van der Waals surface area contributed by atoms with Crippen LogP contribution in [0.25, 0.3) is 17.7 Å². The van der Waals surface area contributed by atoms with Crippen LogP contribution in [0.4, 0.5) is 24.5 Å². The van der Waals surface area contributed by atoms with E-state index in [9.17, 15) is 13.2 Å². The summed E-state index contributed by atoms with van der Waals surface area (Å²) in [6, 6.07) is 29.3. The van der Waals surface area contributed by atoms with Gasteiger partial charge in [0.1, 0.15) is 0 Å². The third-order valence-electron chi connectivity index (χ3n) is 9.56. The van der Waals surface area contributed by atoms with Crippen LogP contribution in [-0.4, -0.2) is 92.9 Å². The van der Waals surface area contributed by atoms with Gasteiger partial charge < -0.3 is 19.8 Å². The molecule has 1 aliphatic carbocycles. The number of alkyl halides is 3. The second kappa shape index (κ2) is 21.3. The van der Waals surface area contributed by atoms with Crippen LogP contribution in [0.15, 0.2) is 107 Å². The lowest BCUT2D eigenvalue weighted by molar-refractivity contribution is -0.137. The summed E-state index contributed by atoms with van der Waals surface area (Å²) in [6.07, 6.45) is 4.41. The van der Waals surface area contributed by atoms with Crippen molar-refractivity contribution in [2.75, 3.05) is 78.0 Å². The third kappa shape index (κ3) is 11.5. The van der Waals surface area contributed by atoms with Crippen molar-refractivity contribution < 1.29 is 18.3 Å². The van der Waals surface area contributed by atoms with Crippen LogP contribution < -0.4 is 4.90 Å². The average molecular weight is 822 g/mol. The maximum atomic E-state index is 13.3. The lowest BCUT2D eigenvalue weighted by Gasteiger charge is -2.36. The second-order valence-electron chi connectivity index (χ2n) is 13.4. The molecule has 0 radical (unpaired) electrons. The van der Waals surface area contributed by atoms with E-state index in [-0.39, 0.29) is 43.8 Å². The molecule has 1 fully saturated rings. The predicted molar refractivity (Wildman–Crippen MR) is 227 cm³/mol. The molecule has 4 aromatic carbocycles. The van der Waals surface area contributed by atoms with E-state index < -0.39 is 11.7 Å². The van der Waals surface area contributed by atoms with Gasteiger partial charge in [0.2, 0.25) is 0 Å². The minimum Gasteiger partial charge on any atom is -0.395 e. The minimum absolute atomic E-state index is 0. The van der Waals surface area contributed by atoms with Crippen LogP contribution in [0.3, 0.4) is 0 Å². The molecule has 7 rings (SSSR count). The van der Waals surface area contributed by atoms with Crippen molar-refractivity contribution in [1.82, 2.24) is 14.7 Å². The Morgan fingerprint density at radius 2 is 1.26 bits per heavy atom. The highest BCUT2D eigenvalue weighted by molar-refractivity contribution is 7.99. The van der Waals surface area contributed by atoms with Crippen molar-refractivity contribution >= 4 is 78.1 Å². The van der Waals surface area contributed by atoms with E-state index in [0.29, 0.717) is 18.8 Å². The highest BCUT2D eigenvalue weighted by atomic mass is 35.5. The lowest BCUT2D eigenvalue weighted by Crippen LogP contribution is -2.47. The highest BCUT2D eigenvalue weighted by Gasteiger charge is 2.33. The van der Waals surface area contributed by atoms with Crippen LogP contribution in [0.2, 0.25) is 0 Å². The van der Waals surface area contributed by atoms with Crippen molar-refractivity contribution in [2.45, 2.75) is 28.8 Å². The summed E-state index contributed by atoms with van der Waals surface area (Å²) >= 11 is 1.53. The van der Waals surface area contributed by atoms with E-state index >= 15 is 0 Å². The molecule has 2 heterocycles. The SMILES string of the molecule is CN(C)CCC=C1c2ccccc2C=Cc2ccccc21.Cl.Cl.Cl.OCCN1CCN(CCCN2c3ccccc3Sc3ccc(C(F)(F)F)cc32)CC1. The fourth-order valence-electron chi connectivity index (χ4n) is 6.86. The largest absolute Gasteiger partial charge is 0.416 e. The molecule has 0 atom stereocenters. The number of hydrogen-bond acceptors (Lipinski definition) is 6. The van der Waals surface area contributed by atoms with Crippen molar-refractivity contribution in [1.29, 1.82) is 0 Å². The van der Waals surface area contributed by atoms with Gasteiger partial charge in [0.25, 0.3) is 0 Å². The molecule has 4 aromatic rings. The molecule has 292 valence electrons. The second-order valence-corrected chi connectivity index (χ2v) is 14.5. The van der Waals surface area contributed by atoms with E-state index in [4.69, 9.17) is 5.11 Å². The van der Waals surface area contributed by atoms with Crippen molar-refractivity contribution in [3.05, 3.63) is 125 Å². The number of β-amino-alcohol motifs (C(OH)–C–C–N with tert-alkyl or cyclic N) is 1. The maximum absolute atomic E-state index is 13.3. The molecule has 0 saturated carbocycles. The Balaban J connectivity index is 0.000000290. The number of hydrogen-bond donors (Lipinski definition) is 1. The van der Waals surface area contributed by atoms with Crippen molar-refractivity contribution in [2.24, 2.45) is 0 Å². The van der Waals surface area contributed by atoms with Crippen molar-refractivity contribution in [3.63, 3.8) is 0 Å². The maximum Gasteiger partial charge on any atom is 0.416 e. The summed E-state index contributed by atoms with van der Waals surface area (Å²) in [5.74, 6) is 0. The van der Waals surface area contributed by atoms with Gasteiger partial charge in [-0.15, -0.1) is 37.2 Å². The van der Waals surface area contributed by atoms with Gasteiger partial charge in [-0.25, -0.2) is 0 Å². The number of piperazine rings is 1. The topological polar surface area (TPSA) is 33.2 Å². The fourth-order valence-corrected chi connectivity index (χ4v) is 7.94. The zero-order valence-corrected chi connectivity index (χ0v) is 33.9. The number of rotatable bonds is 9. The normalized spacial score (nSPS) is 14.8. The number of anilines is 2. The summed E-state index contributed by atoms with van der Waals surface area (Å²) in [5.41, 5.74) is 7.62. The number of aliphatic hydroxyl groups is 1. The first-order valence-corrected chi connectivity index (χ1v) is 18.6. The molecule has 2 aliphatic heterocycles. The molecule has 5 nitrogen and oxygen atoms in total. The van der Waals surface area contributed by atoms with Gasteiger partial charge in [0, 0.05) is 55.6 Å². The quantitative estimate of drug-likeness (QED) is 0.160. The summed E-state index contributed by atoms with van der Waals surface area (Å²) in [7, 11) is 4.24. The molecule has 0 spiro atoms. The average Bonchev–Trinajstić information content (AvgIpc) is 3.29. The number of para-hydroxylation sites is 1. The summed E-state index contributed by atoms with van der Waals surface area (Å²) in [6.45, 7) is 7.36. The number of nitrogens with zero attached hydrogens (tertiary/aromatic N) is 4. The Kier molecular flexibility index (Phi) is 17.9. The molecule has 1 N–H and O–H groups in total. The zero-order valence-electron chi connectivity index (χ0n) is 30.7. The van der Waals surface area contributed by atoms with E-state index in [2.05, 4.69) is 95.6 Å². The molecule has 0 unspecified atom stereocenters. The Hall–Kier alpha value is -2.99. The standard InChI is InChI=1S/C22H26F3N3OS.C20H21N.3ClH/c23-22(24,25)17-6-7-21-19(16-17)28(18-4-1-2-5-20(18)30-21)9-3-8-26-10-12-27(13-11-26)14-15-29;1-21(2)15-7-12-20-18-10-5-3-8-16(18)13-14-17-9-4-6-11-19(17)20;;;/h1-2,4-7,16,29H,3,8-15H2;3-6,8-14H,7,15H2,1-2H3;3*1H. The zero-order chi connectivity index (χ0) is 35.8. The molecular weight excluding hydrogens is 772 g/mol. The van der Waals surface area contributed by atoms with Crippen LogP contribution in [0.5, 0.6) is 0 Å². The first kappa shape index (κ1) is 45.4. The molecule has 0 amide bonds. The highest BCUT2D eigenvalue weighted by Crippen LogP contribution is 2.49. The molecule has 12 heteroatoms. The van der Waals surface area contributed by atoms with E-state index in [1.807, 2.05) is 29.2 Å². The van der Waals surface area contributed by atoms with Gasteiger partial charge in [-0.3, -0.25) is 4.90 Å². The number of benzene rings is 4. The van der Waals surface area contributed by atoms with Gasteiger partial charge >= 0.3 is 6.18 Å². The smallest absolute Gasteiger partial charge is 0.395 e. The predicted octanol–water partition coefficient (Wildman–Crippen LogP) is 10.1. The molecule has 1 saturated heterocycles. The van der Waals surface area contributed by atoms with Gasteiger partial charge in [-0.2, -0.15) is 13.2 Å².